The van der Waals surface area contributed by atoms with Crippen LogP contribution in [0.15, 0.2) is 42.6 Å². The number of aliphatic hydroxyl groups is 1. The molecule has 2 aromatic heterocycles. The predicted octanol–water partition coefficient (Wildman–Crippen LogP) is 3.11. The SMILES string of the molecule is O=C(Cc1ccc2nn(CC(=O)N3CCC[C@H](CO)C3)cc2c1)c1cccc(C(F)(F)F)n1. The number of fused-ring (bicyclic) bond motifs is 1. The zero-order valence-corrected chi connectivity index (χ0v) is 17.8. The van der Waals surface area contributed by atoms with Gasteiger partial charge in [-0.3, -0.25) is 14.3 Å². The van der Waals surface area contributed by atoms with E-state index in [2.05, 4.69) is 10.1 Å². The second-order valence-electron chi connectivity index (χ2n) is 8.26. The van der Waals surface area contributed by atoms with Crippen LogP contribution in [0, 0.1) is 5.92 Å². The van der Waals surface area contributed by atoms with E-state index in [0.29, 0.717) is 24.2 Å². The summed E-state index contributed by atoms with van der Waals surface area (Å²) in [4.78, 5) is 30.3. The number of alkyl halides is 3. The van der Waals surface area contributed by atoms with E-state index >= 15 is 0 Å². The molecular weight excluding hydrogens is 437 g/mol. The molecule has 0 saturated carbocycles. The smallest absolute Gasteiger partial charge is 0.396 e. The summed E-state index contributed by atoms with van der Waals surface area (Å²) in [6.07, 6.45) is -1.25. The number of pyridine rings is 1. The number of halogens is 3. The number of benzene rings is 1. The molecule has 3 heterocycles. The maximum absolute atomic E-state index is 12.9. The van der Waals surface area contributed by atoms with E-state index in [1.807, 2.05) is 0 Å². The second-order valence-corrected chi connectivity index (χ2v) is 8.26. The van der Waals surface area contributed by atoms with Gasteiger partial charge in [0.25, 0.3) is 0 Å². The van der Waals surface area contributed by atoms with Crippen LogP contribution in [0.25, 0.3) is 10.9 Å². The third-order valence-corrected chi connectivity index (χ3v) is 5.73. The summed E-state index contributed by atoms with van der Waals surface area (Å²) in [5, 5.41) is 14.5. The molecule has 10 heteroatoms. The van der Waals surface area contributed by atoms with Crippen molar-refractivity contribution >= 4 is 22.6 Å². The Kier molecular flexibility index (Phi) is 6.46. The van der Waals surface area contributed by atoms with Crippen LogP contribution in [0.4, 0.5) is 13.2 Å². The Hall–Kier alpha value is -3.27. The van der Waals surface area contributed by atoms with Gasteiger partial charge in [-0.05, 0) is 48.6 Å². The lowest BCUT2D eigenvalue weighted by Crippen LogP contribution is -2.42. The van der Waals surface area contributed by atoms with Crippen molar-refractivity contribution in [2.45, 2.75) is 32.0 Å². The zero-order chi connectivity index (χ0) is 23.6. The fourth-order valence-electron chi connectivity index (χ4n) is 4.02. The molecule has 0 aliphatic carbocycles. The van der Waals surface area contributed by atoms with Gasteiger partial charge in [0.15, 0.2) is 5.78 Å². The van der Waals surface area contributed by atoms with Crippen LogP contribution in [0.3, 0.4) is 0 Å². The maximum Gasteiger partial charge on any atom is 0.433 e. The molecule has 1 atom stereocenters. The highest BCUT2D eigenvalue weighted by Crippen LogP contribution is 2.27. The first-order chi connectivity index (χ1) is 15.7. The second kappa shape index (κ2) is 9.30. The molecule has 1 aromatic carbocycles. The summed E-state index contributed by atoms with van der Waals surface area (Å²) >= 11 is 0. The van der Waals surface area contributed by atoms with Crippen LogP contribution < -0.4 is 0 Å². The van der Waals surface area contributed by atoms with E-state index in [-0.39, 0.29) is 37.1 Å². The molecule has 1 fully saturated rings. The Labute approximate surface area is 187 Å². The van der Waals surface area contributed by atoms with E-state index in [1.165, 1.54) is 16.8 Å². The number of hydrogen-bond donors (Lipinski definition) is 1. The molecule has 174 valence electrons. The van der Waals surface area contributed by atoms with Gasteiger partial charge in [-0.15, -0.1) is 0 Å². The normalized spacial score (nSPS) is 16.8. The number of ketones is 1. The van der Waals surface area contributed by atoms with Gasteiger partial charge in [-0.2, -0.15) is 18.3 Å². The maximum atomic E-state index is 12.9. The van der Waals surface area contributed by atoms with Gasteiger partial charge in [0, 0.05) is 37.7 Å². The molecule has 7 nitrogen and oxygen atoms in total. The molecule has 1 amide bonds. The van der Waals surface area contributed by atoms with Gasteiger partial charge in [-0.1, -0.05) is 12.1 Å². The van der Waals surface area contributed by atoms with Crippen molar-refractivity contribution < 1.29 is 27.9 Å². The number of Topliss-reactive ketones (excluding diaryl/α,β-unsaturated/α-hetero) is 1. The van der Waals surface area contributed by atoms with Gasteiger partial charge in [0.05, 0.1) is 5.52 Å². The van der Waals surface area contributed by atoms with Crippen LogP contribution in [-0.4, -0.2) is 56.2 Å². The van der Waals surface area contributed by atoms with Crippen molar-refractivity contribution in [3.05, 3.63) is 59.5 Å². The number of likely N-dealkylation sites (tertiary alicyclic amines) is 1. The number of amides is 1. The van der Waals surface area contributed by atoms with Crippen molar-refractivity contribution in [2.24, 2.45) is 5.92 Å². The highest BCUT2D eigenvalue weighted by Gasteiger charge is 2.33. The van der Waals surface area contributed by atoms with E-state index in [9.17, 15) is 27.9 Å². The van der Waals surface area contributed by atoms with Crippen LogP contribution in [-0.2, 0) is 23.9 Å². The minimum atomic E-state index is -4.62. The van der Waals surface area contributed by atoms with Crippen molar-refractivity contribution in [3.8, 4) is 0 Å². The summed E-state index contributed by atoms with van der Waals surface area (Å²) in [5.74, 6) is -0.496. The third kappa shape index (κ3) is 5.39. The number of piperidine rings is 1. The number of carbonyl (C=O) groups excluding carboxylic acids is 2. The first kappa shape index (κ1) is 22.9. The lowest BCUT2D eigenvalue weighted by Gasteiger charge is -2.31. The Morgan fingerprint density at radius 2 is 2.00 bits per heavy atom. The third-order valence-electron chi connectivity index (χ3n) is 5.73. The van der Waals surface area contributed by atoms with E-state index in [4.69, 9.17) is 0 Å². The number of aromatic nitrogens is 3. The predicted molar refractivity (Wildman–Crippen MR) is 113 cm³/mol. The molecule has 1 aliphatic heterocycles. The molecule has 0 radical (unpaired) electrons. The summed E-state index contributed by atoms with van der Waals surface area (Å²) in [6.45, 7) is 1.32. The Bertz CT molecular complexity index is 1180. The average molecular weight is 460 g/mol. The van der Waals surface area contributed by atoms with Crippen molar-refractivity contribution in [1.82, 2.24) is 19.7 Å². The Morgan fingerprint density at radius 3 is 2.76 bits per heavy atom. The summed E-state index contributed by atoms with van der Waals surface area (Å²) in [7, 11) is 0. The molecule has 0 spiro atoms. The minimum Gasteiger partial charge on any atom is -0.396 e. The topological polar surface area (TPSA) is 88.3 Å². The fourth-order valence-corrected chi connectivity index (χ4v) is 4.02. The molecule has 3 aromatic rings. The summed E-state index contributed by atoms with van der Waals surface area (Å²) in [6, 6.07) is 8.38. The highest BCUT2D eigenvalue weighted by molar-refractivity contribution is 5.96. The molecule has 33 heavy (non-hydrogen) atoms. The molecule has 1 saturated heterocycles. The first-order valence-electron chi connectivity index (χ1n) is 10.6. The molecule has 1 N–H and O–H groups in total. The van der Waals surface area contributed by atoms with E-state index in [0.717, 1.165) is 24.3 Å². The highest BCUT2D eigenvalue weighted by atomic mass is 19.4. The first-order valence-corrected chi connectivity index (χ1v) is 10.6. The number of carbonyl (C=O) groups is 2. The monoisotopic (exact) mass is 460 g/mol. The van der Waals surface area contributed by atoms with Gasteiger partial charge < -0.3 is 10.0 Å². The van der Waals surface area contributed by atoms with Crippen LogP contribution in [0.5, 0.6) is 0 Å². The standard InChI is InChI=1S/C23H23F3N4O3/c24-23(25,26)21-5-1-4-19(27-21)20(32)10-15-6-7-18-17(9-15)12-30(28-18)13-22(33)29-8-2-3-16(11-29)14-31/h1,4-7,9,12,16,31H,2-3,8,10-11,13-14H2/t16-/m0/s1. The fraction of sp³-hybridized carbons (Fsp3) is 0.391. The number of rotatable bonds is 6. The summed E-state index contributed by atoms with van der Waals surface area (Å²) in [5.41, 5.74) is -0.0924. The lowest BCUT2D eigenvalue weighted by molar-refractivity contribution is -0.141. The number of aliphatic hydroxyl groups excluding tert-OH is 1. The molecule has 4 rings (SSSR count). The Balaban J connectivity index is 1.45. The van der Waals surface area contributed by atoms with Gasteiger partial charge >= 0.3 is 6.18 Å². The van der Waals surface area contributed by atoms with Crippen molar-refractivity contribution in [3.63, 3.8) is 0 Å². The van der Waals surface area contributed by atoms with Gasteiger partial charge in [-0.25, -0.2) is 4.98 Å². The molecule has 0 unspecified atom stereocenters. The molecular formula is C23H23F3N4O3. The quantitative estimate of drug-likeness (QED) is 0.571. The lowest BCUT2D eigenvalue weighted by atomic mass is 9.99. The van der Waals surface area contributed by atoms with Crippen LogP contribution >= 0.6 is 0 Å². The van der Waals surface area contributed by atoms with Gasteiger partial charge in [0.1, 0.15) is 17.9 Å². The van der Waals surface area contributed by atoms with Crippen LogP contribution in [0.2, 0.25) is 0 Å². The summed E-state index contributed by atoms with van der Waals surface area (Å²) < 4.78 is 40.1. The zero-order valence-electron chi connectivity index (χ0n) is 17.8. The van der Waals surface area contributed by atoms with E-state index < -0.39 is 17.7 Å². The molecule has 0 bridgehead atoms. The van der Waals surface area contributed by atoms with Gasteiger partial charge in [0.2, 0.25) is 5.91 Å². The van der Waals surface area contributed by atoms with Crippen LogP contribution in [0.1, 0.15) is 34.6 Å². The molecule has 1 aliphatic rings. The number of hydrogen-bond acceptors (Lipinski definition) is 5. The number of nitrogens with zero attached hydrogens (tertiary/aromatic N) is 4. The van der Waals surface area contributed by atoms with E-state index in [1.54, 1.807) is 29.3 Å². The van der Waals surface area contributed by atoms with Crippen molar-refractivity contribution in [2.75, 3.05) is 19.7 Å². The average Bonchev–Trinajstić information content (AvgIpc) is 3.20. The minimum absolute atomic E-state index is 0.0625. The van der Waals surface area contributed by atoms with Crippen molar-refractivity contribution in [1.29, 1.82) is 0 Å². The Morgan fingerprint density at radius 1 is 1.18 bits per heavy atom. The largest absolute Gasteiger partial charge is 0.433 e.